The van der Waals surface area contributed by atoms with E-state index in [1.807, 2.05) is 18.2 Å². The van der Waals surface area contributed by atoms with Crippen LogP contribution in [0.2, 0.25) is 0 Å². The number of nitro groups is 1. The third-order valence-electron chi connectivity index (χ3n) is 1.76. The predicted octanol–water partition coefficient (Wildman–Crippen LogP) is 3.12. The molecule has 1 aromatic heterocycles. The van der Waals surface area contributed by atoms with Crippen molar-refractivity contribution < 1.29 is 4.92 Å². The minimum absolute atomic E-state index is 0.170. The first-order chi connectivity index (χ1) is 6.77. The number of hydrogen-bond acceptors (Lipinski definition) is 3. The molecule has 2 aromatic rings. The SMILES string of the molecule is O=[N+]([O-])c1ccc(-c2c[c]ccc2)s1. The largest absolute Gasteiger partial charge is 0.324 e. The molecule has 0 fully saturated rings. The standard InChI is InChI=1S/C10H6NO2S/c12-11(13)10-7-6-9(14-10)8-4-2-1-3-5-8/h1-2,4-7H. The van der Waals surface area contributed by atoms with Crippen LogP contribution in [0, 0.1) is 16.2 Å². The van der Waals surface area contributed by atoms with Crippen LogP contribution in [0.4, 0.5) is 5.00 Å². The van der Waals surface area contributed by atoms with Crippen LogP contribution in [0.5, 0.6) is 0 Å². The van der Waals surface area contributed by atoms with Crippen molar-refractivity contribution in [3.8, 4) is 10.4 Å². The Morgan fingerprint density at radius 1 is 1.36 bits per heavy atom. The van der Waals surface area contributed by atoms with Crippen molar-refractivity contribution in [3.63, 3.8) is 0 Å². The fourth-order valence-electron chi connectivity index (χ4n) is 1.13. The molecule has 1 aromatic carbocycles. The Morgan fingerprint density at radius 2 is 2.21 bits per heavy atom. The van der Waals surface area contributed by atoms with Crippen LogP contribution in [-0.2, 0) is 0 Å². The zero-order valence-electron chi connectivity index (χ0n) is 7.14. The maximum absolute atomic E-state index is 10.5. The molecule has 0 N–H and O–H groups in total. The Morgan fingerprint density at radius 3 is 2.79 bits per heavy atom. The monoisotopic (exact) mass is 204 g/mol. The number of rotatable bonds is 2. The van der Waals surface area contributed by atoms with Crippen LogP contribution >= 0.6 is 11.3 Å². The van der Waals surface area contributed by atoms with Gasteiger partial charge in [-0.25, -0.2) is 0 Å². The maximum Gasteiger partial charge on any atom is 0.324 e. The van der Waals surface area contributed by atoms with Crippen LogP contribution in [-0.4, -0.2) is 4.92 Å². The highest BCUT2D eigenvalue weighted by molar-refractivity contribution is 7.18. The molecule has 1 heterocycles. The summed E-state index contributed by atoms with van der Waals surface area (Å²) < 4.78 is 0. The Hall–Kier alpha value is -1.68. The predicted molar refractivity (Wildman–Crippen MR) is 55.2 cm³/mol. The van der Waals surface area contributed by atoms with Gasteiger partial charge in [-0.05, 0) is 23.8 Å². The normalized spacial score (nSPS) is 10.0. The van der Waals surface area contributed by atoms with Crippen molar-refractivity contribution in [3.05, 3.63) is 52.6 Å². The summed E-state index contributed by atoms with van der Waals surface area (Å²) in [6.07, 6.45) is 0. The smallest absolute Gasteiger partial charge is 0.258 e. The third kappa shape index (κ3) is 1.65. The summed E-state index contributed by atoms with van der Waals surface area (Å²) in [4.78, 5) is 11.0. The van der Waals surface area contributed by atoms with Crippen LogP contribution in [0.25, 0.3) is 10.4 Å². The number of hydrogen-bond donors (Lipinski definition) is 0. The first-order valence-corrected chi connectivity index (χ1v) is 4.80. The van der Waals surface area contributed by atoms with Gasteiger partial charge in [0.25, 0.3) is 0 Å². The first-order valence-electron chi connectivity index (χ1n) is 3.98. The highest BCUT2D eigenvalue weighted by atomic mass is 32.1. The lowest BCUT2D eigenvalue weighted by Crippen LogP contribution is -1.80. The second-order valence-corrected chi connectivity index (χ2v) is 3.75. The summed E-state index contributed by atoms with van der Waals surface area (Å²) >= 11 is 1.17. The molecule has 0 saturated heterocycles. The highest BCUT2D eigenvalue weighted by Gasteiger charge is 2.10. The van der Waals surface area contributed by atoms with Crippen molar-refractivity contribution in [1.29, 1.82) is 0 Å². The molecule has 0 aliphatic carbocycles. The van der Waals surface area contributed by atoms with E-state index in [0.29, 0.717) is 0 Å². The van der Waals surface area contributed by atoms with Gasteiger partial charge in [-0.3, -0.25) is 10.1 Å². The van der Waals surface area contributed by atoms with E-state index in [1.165, 1.54) is 17.4 Å². The molecular formula is C10H6NO2S. The molecule has 3 nitrogen and oxygen atoms in total. The van der Waals surface area contributed by atoms with Crippen LogP contribution in [0.3, 0.4) is 0 Å². The van der Waals surface area contributed by atoms with Gasteiger partial charge < -0.3 is 0 Å². The van der Waals surface area contributed by atoms with E-state index in [2.05, 4.69) is 6.07 Å². The molecule has 0 bridgehead atoms. The molecule has 1 radical (unpaired) electrons. The van der Waals surface area contributed by atoms with Crippen molar-refractivity contribution in [2.75, 3.05) is 0 Å². The molecule has 4 heteroatoms. The lowest BCUT2D eigenvalue weighted by atomic mass is 10.2. The minimum Gasteiger partial charge on any atom is -0.258 e. The van der Waals surface area contributed by atoms with Gasteiger partial charge in [0.05, 0.1) is 4.92 Å². The average molecular weight is 204 g/mol. The van der Waals surface area contributed by atoms with Gasteiger partial charge in [-0.15, -0.1) is 0 Å². The van der Waals surface area contributed by atoms with Crippen LogP contribution in [0.1, 0.15) is 0 Å². The van der Waals surface area contributed by atoms with E-state index in [1.54, 1.807) is 12.1 Å². The molecule has 0 saturated carbocycles. The zero-order valence-corrected chi connectivity index (χ0v) is 7.95. The molecule has 69 valence electrons. The van der Waals surface area contributed by atoms with Gasteiger partial charge in [0.1, 0.15) is 0 Å². The minimum atomic E-state index is -0.374. The molecule has 0 atom stereocenters. The van der Waals surface area contributed by atoms with Gasteiger partial charge in [0, 0.05) is 10.9 Å². The summed E-state index contributed by atoms with van der Waals surface area (Å²) in [5.41, 5.74) is 0.964. The van der Waals surface area contributed by atoms with E-state index < -0.39 is 0 Å². The van der Waals surface area contributed by atoms with Gasteiger partial charge in [0.2, 0.25) is 0 Å². The van der Waals surface area contributed by atoms with Crippen molar-refractivity contribution in [2.24, 2.45) is 0 Å². The van der Waals surface area contributed by atoms with Crippen LogP contribution in [0.15, 0.2) is 36.4 Å². The first kappa shape index (κ1) is 8.90. The quantitative estimate of drug-likeness (QED) is 0.557. The summed E-state index contributed by atoms with van der Waals surface area (Å²) in [5, 5.41) is 10.6. The highest BCUT2D eigenvalue weighted by Crippen LogP contribution is 2.31. The number of thiophene rings is 1. The Balaban J connectivity index is 2.39. The van der Waals surface area contributed by atoms with Crippen LogP contribution < -0.4 is 0 Å². The lowest BCUT2D eigenvalue weighted by Gasteiger charge is -1.92. The average Bonchev–Trinajstić information content (AvgIpc) is 2.68. The van der Waals surface area contributed by atoms with Gasteiger partial charge in [-0.1, -0.05) is 29.5 Å². The number of nitrogens with zero attached hydrogens (tertiary/aromatic N) is 1. The molecule has 0 spiro atoms. The molecule has 0 aliphatic rings. The summed E-state index contributed by atoms with van der Waals surface area (Å²) in [6.45, 7) is 0. The topological polar surface area (TPSA) is 43.1 Å². The van der Waals surface area contributed by atoms with Gasteiger partial charge >= 0.3 is 5.00 Å². The van der Waals surface area contributed by atoms with E-state index in [9.17, 15) is 10.1 Å². The number of benzene rings is 1. The van der Waals surface area contributed by atoms with E-state index in [4.69, 9.17) is 0 Å². The van der Waals surface area contributed by atoms with Gasteiger partial charge in [0.15, 0.2) is 0 Å². The molecule has 14 heavy (non-hydrogen) atoms. The van der Waals surface area contributed by atoms with Crippen molar-refractivity contribution >= 4 is 16.3 Å². The van der Waals surface area contributed by atoms with Crippen molar-refractivity contribution in [2.45, 2.75) is 0 Å². The van der Waals surface area contributed by atoms with Gasteiger partial charge in [-0.2, -0.15) is 0 Å². The molecule has 0 amide bonds. The Kier molecular flexibility index (Phi) is 2.28. The van der Waals surface area contributed by atoms with E-state index >= 15 is 0 Å². The second-order valence-electron chi connectivity index (χ2n) is 2.69. The van der Waals surface area contributed by atoms with E-state index in [0.717, 1.165) is 10.4 Å². The fourth-order valence-corrected chi connectivity index (χ4v) is 1.94. The summed E-state index contributed by atoms with van der Waals surface area (Å²) in [5.74, 6) is 0. The Labute approximate surface area is 84.8 Å². The lowest BCUT2D eigenvalue weighted by molar-refractivity contribution is -0.380. The summed E-state index contributed by atoms with van der Waals surface area (Å²) in [7, 11) is 0. The Bertz CT molecular complexity index is 450. The van der Waals surface area contributed by atoms with Crippen molar-refractivity contribution in [1.82, 2.24) is 0 Å². The van der Waals surface area contributed by atoms with E-state index in [-0.39, 0.29) is 9.92 Å². The second kappa shape index (κ2) is 3.59. The molecule has 0 aliphatic heterocycles. The molecule has 0 unspecified atom stereocenters. The molecule has 2 rings (SSSR count). The third-order valence-corrected chi connectivity index (χ3v) is 2.85. The molecular weight excluding hydrogens is 198 g/mol. The maximum atomic E-state index is 10.5. The fraction of sp³-hybridized carbons (Fsp3) is 0. The zero-order chi connectivity index (χ0) is 9.97. The summed E-state index contributed by atoms with van der Waals surface area (Å²) in [6, 6.07) is 13.6.